The Labute approximate surface area is 144 Å². The standard InChI is InChI=1S/C13H21BN8O3/c1-2-3-25-11-9(7-20-22-13(17)18)4-8(5-10(11)14(23)24)6-19-21-12(15)16/h4-7,23-24H,2-3H2,1H3,(H4,15,16,21)(H4,17,18,22)/p+2. The summed E-state index contributed by atoms with van der Waals surface area (Å²) in [6.45, 7) is 2.32. The molecule has 0 amide bonds. The molecule has 0 heterocycles. The van der Waals surface area contributed by atoms with Gasteiger partial charge < -0.3 is 37.7 Å². The van der Waals surface area contributed by atoms with Crippen LogP contribution in [0.5, 0.6) is 5.75 Å². The van der Waals surface area contributed by atoms with Crippen LogP contribution in [0.15, 0.2) is 22.3 Å². The second-order valence-corrected chi connectivity index (χ2v) is 4.87. The highest BCUT2D eigenvalue weighted by Crippen LogP contribution is 2.16. The molecule has 1 aromatic carbocycles. The van der Waals surface area contributed by atoms with Crippen molar-refractivity contribution < 1.29 is 25.0 Å². The number of nitrogens with two attached hydrogens (primary N) is 4. The van der Waals surface area contributed by atoms with Gasteiger partial charge in [0.05, 0.1) is 12.2 Å². The molecule has 0 aliphatic heterocycles. The fraction of sp³-hybridized carbons (Fsp3) is 0.231. The topological polar surface area (TPSA) is 206 Å². The van der Waals surface area contributed by atoms with E-state index in [1.165, 1.54) is 18.5 Å². The molecule has 0 aromatic heterocycles. The van der Waals surface area contributed by atoms with Gasteiger partial charge in [-0.25, -0.2) is 0 Å². The summed E-state index contributed by atoms with van der Waals surface area (Å²) in [5, 5.41) is 31.6. The highest BCUT2D eigenvalue weighted by molar-refractivity contribution is 6.60. The molecule has 0 saturated carbocycles. The summed E-state index contributed by atoms with van der Waals surface area (Å²) in [7, 11) is -1.75. The van der Waals surface area contributed by atoms with Crippen molar-refractivity contribution in [3.8, 4) is 5.75 Å². The molecule has 1 aromatic rings. The zero-order valence-corrected chi connectivity index (χ0v) is 13.8. The molecule has 25 heavy (non-hydrogen) atoms. The van der Waals surface area contributed by atoms with Crippen molar-refractivity contribution in [1.29, 1.82) is 0 Å². The zero-order valence-electron chi connectivity index (χ0n) is 13.8. The second kappa shape index (κ2) is 9.90. The number of nitrogens with one attached hydrogen (secondary N) is 2. The Balaban J connectivity index is 3.41. The van der Waals surface area contributed by atoms with E-state index >= 15 is 0 Å². The molecule has 1 rings (SSSR count). The lowest BCUT2D eigenvalue weighted by Gasteiger charge is -2.13. The van der Waals surface area contributed by atoms with Crippen LogP contribution < -0.4 is 43.3 Å². The summed E-state index contributed by atoms with van der Waals surface area (Å²) in [4.78, 5) is 0. The number of benzene rings is 1. The van der Waals surface area contributed by atoms with Gasteiger partial charge in [0.2, 0.25) is 12.4 Å². The largest absolute Gasteiger partial charge is 0.493 e. The highest BCUT2D eigenvalue weighted by atomic mass is 16.5. The predicted octanol–water partition coefficient (Wildman–Crippen LogP) is -6.47. The molecule has 134 valence electrons. The van der Waals surface area contributed by atoms with Crippen LogP contribution in [-0.4, -0.2) is 48.1 Å². The molecule has 0 saturated heterocycles. The third-order valence-corrected chi connectivity index (χ3v) is 2.74. The molecular formula is C13H23BN8O3+2. The molecule has 0 aliphatic rings. The fourth-order valence-electron chi connectivity index (χ4n) is 1.81. The summed E-state index contributed by atoms with van der Waals surface area (Å²) in [5.74, 6) is -0.0243. The Morgan fingerprint density at radius 1 is 1.12 bits per heavy atom. The number of guanidine groups is 2. The van der Waals surface area contributed by atoms with Crippen molar-refractivity contribution in [3.63, 3.8) is 0 Å². The van der Waals surface area contributed by atoms with Crippen LogP contribution in [0.25, 0.3) is 0 Å². The third kappa shape index (κ3) is 6.89. The molecule has 0 atom stereocenters. The number of hydrazone groups is 2. The van der Waals surface area contributed by atoms with E-state index in [1.54, 1.807) is 6.07 Å². The van der Waals surface area contributed by atoms with Gasteiger partial charge in [-0.05, 0) is 18.6 Å². The monoisotopic (exact) mass is 350 g/mol. The predicted molar refractivity (Wildman–Crippen MR) is 95.9 cm³/mol. The maximum atomic E-state index is 9.65. The van der Waals surface area contributed by atoms with Crippen molar-refractivity contribution in [2.24, 2.45) is 33.1 Å². The van der Waals surface area contributed by atoms with Gasteiger partial charge in [0.25, 0.3) is 11.9 Å². The van der Waals surface area contributed by atoms with Crippen LogP contribution in [0.4, 0.5) is 0 Å². The Hall–Kier alpha value is -3.12. The lowest BCUT2D eigenvalue weighted by molar-refractivity contribution is -0.456. The first-order chi connectivity index (χ1) is 11.8. The van der Waals surface area contributed by atoms with Crippen molar-refractivity contribution in [2.45, 2.75) is 13.3 Å². The maximum absolute atomic E-state index is 9.65. The molecule has 0 spiro atoms. The normalized spacial score (nSPS) is 10.8. The van der Waals surface area contributed by atoms with E-state index in [4.69, 9.17) is 27.7 Å². The Morgan fingerprint density at radius 3 is 2.24 bits per heavy atom. The van der Waals surface area contributed by atoms with Crippen molar-refractivity contribution in [1.82, 2.24) is 0 Å². The first-order valence-electron chi connectivity index (χ1n) is 7.36. The van der Waals surface area contributed by atoms with Crippen LogP contribution >= 0.6 is 0 Å². The average molecular weight is 350 g/mol. The Bertz CT molecular complexity index is 695. The van der Waals surface area contributed by atoms with Crippen LogP contribution in [0.3, 0.4) is 0 Å². The van der Waals surface area contributed by atoms with E-state index in [0.717, 1.165) is 6.42 Å². The lowest BCUT2D eigenvalue weighted by atomic mass is 9.77. The maximum Gasteiger partial charge on any atom is 0.492 e. The molecule has 0 aliphatic carbocycles. The minimum absolute atomic E-state index is 0.150. The quantitative estimate of drug-likeness (QED) is 0.0983. The Morgan fingerprint density at radius 2 is 1.72 bits per heavy atom. The van der Waals surface area contributed by atoms with Gasteiger partial charge in [-0.15, -0.1) is 10.2 Å². The third-order valence-electron chi connectivity index (χ3n) is 2.74. The average Bonchev–Trinajstić information content (AvgIpc) is 2.52. The summed E-state index contributed by atoms with van der Waals surface area (Å²) < 4.78 is 5.63. The zero-order chi connectivity index (χ0) is 18.8. The number of rotatable bonds is 8. The van der Waals surface area contributed by atoms with E-state index in [9.17, 15) is 10.0 Å². The van der Waals surface area contributed by atoms with Crippen LogP contribution in [0, 0.1) is 0 Å². The second-order valence-electron chi connectivity index (χ2n) is 4.87. The van der Waals surface area contributed by atoms with E-state index in [-0.39, 0.29) is 23.1 Å². The first kappa shape index (κ1) is 19.9. The van der Waals surface area contributed by atoms with E-state index in [1.807, 2.05) is 6.92 Å². The molecule has 12 heteroatoms. The number of hydrogen-bond acceptors (Lipinski definition) is 5. The van der Waals surface area contributed by atoms with Gasteiger partial charge in [0.1, 0.15) is 5.75 Å². The first-order valence-corrected chi connectivity index (χ1v) is 7.36. The van der Waals surface area contributed by atoms with Crippen LogP contribution in [-0.2, 0) is 0 Å². The number of ether oxygens (including phenoxy) is 1. The van der Waals surface area contributed by atoms with Crippen LogP contribution in [0.2, 0.25) is 0 Å². The number of hydrogen-bond donors (Lipinski definition) is 8. The summed E-state index contributed by atoms with van der Waals surface area (Å²) >= 11 is 0. The minimum atomic E-state index is -1.75. The van der Waals surface area contributed by atoms with Gasteiger partial charge in [-0.2, -0.15) is 0 Å². The lowest BCUT2D eigenvalue weighted by Crippen LogP contribution is -2.64. The molecule has 0 bridgehead atoms. The van der Waals surface area contributed by atoms with E-state index in [2.05, 4.69) is 20.4 Å². The molecular weight excluding hydrogens is 327 g/mol. The van der Waals surface area contributed by atoms with Gasteiger partial charge in [-0.3, -0.25) is 0 Å². The van der Waals surface area contributed by atoms with Gasteiger partial charge in [0, 0.05) is 21.2 Å². The Kier molecular flexibility index (Phi) is 7.89. The van der Waals surface area contributed by atoms with Crippen molar-refractivity contribution in [3.05, 3.63) is 23.3 Å². The van der Waals surface area contributed by atoms with E-state index < -0.39 is 7.12 Å². The minimum Gasteiger partial charge on any atom is -0.493 e. The van der Waals surface area contributed by atoms with Crippen LogP contribution in [0.1, 0.15) is 24.5 Å². The SMILES string of the molecule is CCCOc1c(C=[NH+]N=C(N)N)cc(C=[NH+]N=C(N)N)cc1B(O)O. The van der Waals surface area contributed by atoms with Gasteiger partial charge >= 0.3 is 7.12 Å². The summed E-state index contributed by atoms with van der Waals surface area (Å²) in [6.07, 6.45) is 3.66. The van der Waals surface area contributed by atoms with Gasteiger partial charge in [0.15, 0.2) is 0 Å². The molecule has 0 radical (unpaired) electrons. The van der Waals surface area contributed by atoms with Crippen molar-refractivity contribution in [2.75, 3.05) is 6.61 Å². The van der Waals surface area contributed by atoms with E-state index in [0.29, 0.717) is 17.7 Å². The van der Waals surface area contributed by atoms with Crippen molar-refractivity contribution >= 4 is 36.9 Å². The molecule has 11 nitrogen and oxygen atoms in total. The summed E-state index contributed by atoms with van der Waals surface area (Å²) in [6, 6.07) is 3.20. The smallest absolute Gasteiger partial charge is 0.492 e. The fourth-order valence-corrected chi connectivity index (χ4v) is 1.81. The molecule has 12 N–H and O–H groups in total. The van der Waals surface area contributed by atoms with Gasteiger partial charge in [-0.1, -0.05) is 6.92 Å². The summed E-state index contributed by atoms with van der Waals surface area (Å²) in [5.41, 5.74) is 22.2. The highest BCUT2D eigenvalue weighted by Gasteiger charge is 2.22. The molecule has 0 fully saturated rings. The molecule has 0 unspecified atom stereocenters. The number of nitrogens with zero attached hydrogens (tertiary/aromatic N) is 2.